The highest BCUT2D eigenvalue weighted by Gasteiger charge is 2.25. The minimum atomic E-state index is 0.487. The van der Waals surface area contributed by atoms with Crippen LogP contribution >= 0.6 is 11.6 Å². The molecule has 0 spiro atoms. The van der Waals surface area contributed by atoms with Gasteiger partial charge in [0.25, 0.3) is 0 Å². The molecule has 1 aliphatic heterocycles. The van der Waals surface area contributed by atoms with E-state index in [1.807, 2.05) is 12.1 Å². The van der Waals surface area contributed by atoms with E-state index in [2.05, 4.69) is 17.2 Å². The molecule has 3 aromatic rings. The molecule has 1 aromatic carbocycles. The Hall–Kier alpha value is -1.94. The zero-order valence-corrected chi connectivity index (χ0v) is 11.7. The van der Waals surface area contributed by atoms with E-state index in [4.69, 9.17) is 20.4 Å². The number of halogens is 1. The molecule has 0 fully saturated rings. The Labute approximate surface area is 120 Å². The summed E-state index contributed by atoms with van der Waals surface area (Å²) in [5.41, 5.74) is 2.93. The van der Waals surface area contributed by atoms with Crippen LogP contribution in [0.5, 0.6) is 0 Å². The summed E-state index contributed by atoms with van der Waals surface area (Å²) in [4.78, 5) is 3.98. The molecular weight excluding hydrogens is 276 g/mol. The Morgan fingerprint density at radius 1 is 1.40 bits per heavy atom. The molecule has 102 valence electrons. The Morgan fingerprint density at radius 3 is 3.10 bits per heavy atom. The summed E-state index contributed by atoms with van der Waals surface area (Å²) in [6.45, 7) is 3.10. The first kappa shape index (κ1) is 11.9. The normalized spacial score (nSPS) is 18.0. The molecule has 5 heteroatoms. The van der Waals surface area contributed by atoms with Gasteiger partial charge in [-0.15, -0.1) is 0 Å². The van der Waals surface area contributed by atoms with E-state index in [9.17, 15) is 0 Å². The zero-order valence-electron chi connectivity index (χ0n) is 10.9. The minimum Gasteiger partial charge on any atom is -0.452 e. The summed E-state index contributed by atoms with van der Waals surface area (Å²) in [7, 11) is 0. The molecule has 0 amide bonds. The first-order chi connectivity index (χ1) is 9.74. The highest BCUT2D eigenvalue weighted by atomic mass is 35.5. The molecule has 0 radical (unpaired) electrons. The number of hydrogen-bond donors (Lipinski definition) is 1. The molecule has 0 aliphatic carbocycles. The number of nitrogens with zero attached hydrogens (tertiary/aromatic N) is 1. The van der Waals surface area contributed by atoms with Crippen LogP contribution in [0.4, 0.5) is 5.69 Å². The lowest BCUT2D eigenvalue weighted by molar-refractivity contribution is 0.529. The largest absolute Gasteiger partial charge is 0.452 e. The number of oxazole rings is 1. The fourth-order valence-corrected chi connectivity index (χ4v) is 3.04. The molecule has 20 heavy (non-hydrogen) atoms. The second kappa shape index (κ2) is 4.28. The molecule has 0 bridgehead atoms. The molecular formula is C15H13ClN2O2. The van der Waals surface area contributed by atoms with Gasteiger partial charge in [0.15, 0.2) is 17.9 Å². The molecule has 1 atom stereocenters. The average molecular weight is 289 g/mol. The first-order valence-electron chi connectivity index (χ1n) is 6.60. The van der Waals surface area contributed by atoms with Crippen molar-refractivity contribution in [2.75, 3.05) is 11.9 Å². The number of anilines is 1. The van der Waals surface area contributed by atoms with Gasteiger partial charge in [0.05, 0.1) is 16.9 Å². The lowest BCUT2D eigenvalue weighted by Gasteiger charge is -2.10. The lowest BCUT2D eigenvalue weighted by atomic mass is 9.99. The molecule has 0 saturated carbocycles. The quantitative estimate of drug-likeness (QED) is 0.723. The highest BCUT2D eigenvalue weighted by molar-refractivity contribution is 6.35. The number of aromatic nitrogens is 1. The van der Waals surface area contributed by atoms with Crippen LogP contribution in [-0.2, 0) is 6.42 Å². The van der Waals surface area contributed by atoms with Crippen LogP contribution in [-0.4, -0.2) is 11.5 Å². The van der Waals surface area contributed by atoms with Crippen molar-refractivity contribution in [3.63, 3.8) is 0 Å². The van der Waals surface area contributed by atoms with Gasteiger partial charge in [-0.3, -0.25) is 0 Å². The highest BCUT2D eigenvalue weighted by Crippen LogP contribution is 2.43. The molecule has 2 aromatic heterocycles. The van der Waals surface area contributed by atoms with Crippen molar-refractivity contribution in [3.05, 3.63) is 35.3 Å². The van der Waals surface area contributed by atoms with Gasteiger partial charge in [-0.2, -0.15) is 0 Å². The van der Waals surface area contributed by atoms with E-state index in [-0.39, 0.29) is 0 Å². The lowest BCUT2D eigenvalue weighted by Crippen LogP contribution is -2.11. The third kappa shape index (κ3) is 1.64. The van der Waals surface area contributed by atoms with Gasteiger partial charge in [-0.05, 0) is 24.5 Å². The summed E-state index contributed by atoms with van der Waals surface area (Å²) in [5.74, 6) is 1.91. The van der Waals surface area contributed by atoms with Gasteiger partial charge in [0.2, 0.25) is 0 Å². The number of rotatable bonds is 1. The number of hydrogen-bond acceptors (Lipinski definition) is 4. The van der Waals surface area contributed by atoms with Crippen molar-refractivity contribution in [1.29, 1.82) is 0 Å². The molecule has 1 N–H and O–H groups in total. The molecule has 4 nitrogen and oxygen atoms in total. The minimum absolute atomic E-state index is 0.487. The first-order valence-corrected chi connectivity index (χ1v) is 6.98. The standard InChI is InChI=1S/C15H13ClN2O2/c1-8-4-9-13-11(3-2-10(16)14(13)18-5-8)20-15(9)12-6-17-7-19-12/h2-3,6-8,18H,4-5H2,1H3. The Balaban J connectivity index is 2.07. The Morgan fingerprint density at radius 2 is 2.30 bits per heavy atom. The van der Waals surface area contributed by atoms with E-state index >= 15 is 0 Å². The SMILES string of the molecule is CC1CNc2c(Cl)ccc3oc(-c4cnco4)c(c23)C1. The maximum atomic E-state index is 6.32. The fourth-order valence-electron chi connectivity index (χ4n) is 2.82. The number of nitrogens with one attached hydrogen (secondary N) is 1. The van der Waals surface area contributed by atoms with Crippen LogP contribution < -0.4 is 5.32 Å². The summed E-state index contributed by atoms with van der Waals surface area (Å²) in [6, 6.07) is 3.77. The van der Waals surface area contributed by atoms with Crippen LogP contribution in [0.15, 0.2) is 33.6 Å². The second-order valence-corrected chi connectivity index (χ2v) is 5.67. The monoisotopic (exact) mass is 288 g/mol. The van der Waals surface area contributed by atoms with E-state index in [1.165, 1.54) is 6.39 Å². The van der Waals surface area contributed by atoms with Gasteiger partial charge < -0.3 is 14.2 Å². The van der Waals surface area contributed by atoms with E-state index in [0.717, 1.165) is 46.0 Å². The second-order valence-electron chi connectivity index (χ2n) is 5.26. The molecule has 1 aliphatic rings. The van der Waals surface area contributed by atoms with Gasteiger partial charge in [-0.1, -0.05) is 18.5 Å². The van der Waals surface area contributed by atoms with Crippen LogP contribution in [0.1, 0.15) is 12.5 Å². The molecule has 1 unspecified atom stereocenters. The summed E-state index contributed by atoms with van der Waals surface area (Å²) < 4.78 is 11.4. The Bertz CT molecular complexity index is 777. The summed E-state index contributed by atoms with van der Waals surface area (Å²) >= 11 is 6.32. The fraction of sp³-hybridized carbons (Fsp3) is 0.267. The van der Waals surface area contributed by atoms with Crippen LogP contribution in [0.25, 0.3) is 22.5 Å². The van der Waals surface area contributed by atoms with Crippen molar-refractivity contribution in [2.24, 2.45) is 5.92 Å². The number of furan rings is 1. The third-order valence-corrected chi connectivity index (χ3v) is 4.06. The van der Waals surface area contributed by atoms with E-state index in [0.29, 0.717) is 11.7 Å². The topological polar surface area (TPSA) is 51.2 Å². The van der Waals surface area contributed by atoms with Crippen molar-refractivity contribution < 1.29 is 8.83 Å². The van der Waals surface area contributed by atoms with Crippen molar-refractivity contribution >= 4 is 28.3 Å². The summed E-state index contributed by atoms with van der Waals surface area (Å²) in [5, 5.41) is 5.21. The predicted molar refractivity (Wildman–Crippen MR) is 78.1 cm³/mol. The van der Waals surface area contributed by atoms with Gasteiger partial charge in [0.1, 0.15) is 5.58 Å². The molecule has 3 heterocycles. The van der Waals surface area contributed by atoms with Crippen LogP contribution in [0, 0.1) is 5.92 Å². The Kier molecular flexibility index (Phi) is 2.54. The maximum absolute atomic E-state index is 6.32. The van der Waals surface area contributed by atoms with Crippen molar-refractivity contribution in [1.82, 2.24) is 4.98 Å². The summed E-state index contributed by atoms with van der Waals surface area (Å²) in [6.07, 6.45) is 4.02. The van der Waals surface area contributed by atoms with E-state index in [1.54, 1.807) is 6.20 Å². The maximum Gasteiger partial charge on any atom is 0.189 e. The smallest absolute Gasteiger partial charge is 0.189 e. The molecule has 4 rings (SSSR count). The van der Waals surface area contributed by atoms with E-state index < -0.39 is 0 Å². The van der Waals surface area contributed by atoms with Crippen LogP contribution in [0.2, 0.25) is 5.02 Å². The number of benzene rings is 1. The van der Waals surface area contributed by atoms with Crippen LogP contribution in [0.3, 0.4) is 0 Å². The third-order valence-electron chi connectivity index (χ3n) is 3.74. The molecule has 0 saturated heterocycles. The predicted octanol–water partition coefficient (Wildman–Crippen LogP) is 4.35. The van der Waals surface area contributed by atoms with Crippen molar-refractivity contribution in [2.45, 2.75) is 13.3 Å². The van der Waals surface area contributed by atoms with Gasteiger partial charge >= 0.3 is 0 Å². The zero-order chi connectivity index (χ0) is 13.7. The van der Waals surface area contributed by atoms with Crippen molar-refractivity contribution in [3.8, 4) is 11.5 Å². The van der Waals surface area contributed by atoms with Gasteiger partial charge in [-0.25, -0.2) is 4.98 Å². The van der Waals surface area contributed by atoms with Gasteiger partial charge in [0, 0.05) is 17.5 Å². The average Bonchev–Trinajstić information content (AvgIpc) is 3.02.